The van der Waals surface area contributed by atoms with E-state index in [0.717, 1.165) is 49.8 Å². The average molecular weight is 327 g/mol. The third-order valence-corrected chi connectivity index (χ3v) is 4.02. The molecule has 0 spiro atoms. The maximum Gasteiger partial charge on any atom is 0.0507 e. The lowest BCUT2D eigenvalue weighted by molar-refractivity contribution is 0.185. The predicted octanol–water partition coefficient (Wildman–Crippen LogP) is 2.51. The molecule has 0 aliphatic carbocycles. The van der Waals surface area contributed by atoms with E-state index in [1.807, 2.05) is 0 Å². The van der Waals surface area contributed by atoms with E-state index in [-0.39, 0.29) is 0 Å². The lowest BCUT2D eigenvalue weighted by Gasteiger charge is -2.18. The van der Waals surface area contributed by atoms with Crippen LogP contribution in [-0.4, -0.2) is 44.8 Å². The van der Waals surface area contributed by atoms with E-state index < -0.39 is 0 Å². The van der Waals surface area contributed by atoms with E-state index in [1.165, 1.54) is 12.0 Å². The summed E-state index contributed by atoms with van der Waals surface area (Å²) in [6, 6.07) is 8.54. The summed E-state index contributed by atoms with van der Waals surface area (Å²) in [7, 11) is 2.17. The molecule has 1 unspecified atom stereocenters. The molecule has 1 atom stereocenters. The number of likely N-dealkylation sites (N-methyl/N-ethyl adjacent to an activating group) is 1. The van der Waals surface area contributed by atoms with Crippen molar-refractivity contribution in [3.05, 3.63) is 34.3 Å². The maximum atomic E-state index is 5.37. The smallest absolute Gasteiger partial charge is 0.0507 e. The molecule has 1 aliphatic heterocycles. The third kappa shape index (κ3) is 5.61. The molecule has 4 heteroatoms. The van der Waals surface area contributed by atoms with Gasteiger partial charge in [0.15, 0.2) is 0 Å². The Bertz CT molecular complexity index is 363. The number of benzene rings is 1. The van der Waals surface area contributed by atoms with Gasteiger partial charge in [0, 0.05) is 37.3 Å². The fourth-order valence-corrected chi connectivity index (χ4v) is 2.57. The van der Waals surface area contributed by atoms with Crippen LogP contribution in [0.2, 0.25) is 0 Å². The van der Waals surface area contributed by atoms with Gasteiger partial charge in [-0.1, -0.05) is 28.1 Å². The van der Waals surface area contributed by atoms with Crippen molar-refractivity contribution >= 4 is 15.9 Å². The van der Waals surface area contributed by atoms with Gasteiger partial charge in [0.1, 0.15) is 0 Å². The molecule has 19 heavy (non-hydrogen) atoms. The van der Waals surface area contributed by atoms with Crippen molar-refractivity contribution in [2.75, 3.05) is 39.9 Å². The predicted molar refractivity (Wildman–Crippen MR) is 82.3 cm³/mol. The zero-order valence-corrected chi connectivity index (χ0v) is 13.2. The Morgan fingerprint density at radius 2 is 2.16 bits per heavy atom. The molecule has 3 nitrogen and oxygen atoms in total. The van der Waals surface area contributed by atoms with Crippen molar-refractivity contribution < 1.29 is 4.74 Å². The molecule has 1 saturated heterocycles. The Balaban J connectivity index is 1.58. The number of rotatable bonds is 7. The molecule has 1 aromatic carbocycles. The SMILES string of the molecule is CN(CCNCC1CCOC1)Cc1ccc(Br)cc1. The van der Waals surface area contributed by atoms with Crippen molar-refractivity contribution in [1.82, 2.24) is 10.2 Å². The van der Waals surface area contributed by atoms with Gasteiger partial charge in [0.2, 0.25) is 0 Å². The van der Waals surface area contributed by atoms with Crippen molar-refractivity contribution in [3.63, 3.8) is 0 Å². The first-order valence-electron chi connectivity index (χ1n) is 6.95. The zero-order chi connectivity index (χ0) is 13.5. The van der Waals surface area contributed by atoms with E-state index in [4.69, 9.17) is 4.74 Å². The van der Waals surface area contributed by atoms with Crippen LogP contribution in [0.4, 0.5) is 0 Å². The maximum absolute atomic E-state index is 5.37. The molecular weight excluding hydrogens is 304 g/mol. The van der Waals surface area contributed by atoms with Gasteiger partial charge in [0.05, 0.1) is 6.61 Å². The van der Waals surface area contributed by atoms with Crippen LogP contribution in [0.1, 0.15) is 12.0 Å². The monoisotopic (exact) mass is 326 g/mol. The number of nitrogens with zero attached hydrogens (tertiary/aromatic N) is 1. The van der Waals surface area contributed by atoms with Gasteiger partial charge in [-0.2, -0.15) is 0 Å². The van der Waals surface area contributed by atoms with Gasteiger partial charge in [-0.05, 0) is 37.1 Å². The molecule has 1 N–H and O–H groups in total. The van der Waals surface area contributed by atoms with Crippen molar-refractivity contribution in [3.8, 4) is 0 Å². The minimum Gasteiger partial charge on any atom is -0.381 e. The van der Waals surface area contributed by atoms with E-state index >= 15 is 0 Å². The summed E-state index contributed by atoms with van der Waals surface area (Å²) in [5.74, 6) is 0.719. The van der Waals surface area contributed by atoms with Gasteiger partial charge in [-0.3, -0.25) is 0 Å². The fraction of sp³-hybridized carbons (Fsp3) is 0.600. The standard InChI is InChI=1S/C15H23BrN2O/c1-18(11-13-2-4-15(16)5-3-13)8-7-17-10-14-6-9-19-12-14/h2-5,14,17H,6-12H2,1H3. The first kappa shape index (κ1) is 15.0. The van der Waals surface area contributed by atoms with Crippen LogP contribution in [0.5, 0.6) is 0 Å². The topological polar surface area (TPSA) is 24.5 Å². The first-order chi connectivity index (χ1) is 9.24. The molecule has 1 heterocycles. The molecule has 1 aromatic rings. The van der Waals surface area contributed by atoms with Crippen LogP contribution < -0.4 is 5.32 Å². The summed E-state index contributed by atoms with van der Waals surface area (Å²) in [4.78, 5) is 2.35. The molecule has 106 valence electrons. The molecule has 0 amide bonds. The fourth-order valence-electron chi connectivity index (χ4n) is 2.30. The second-order valence-electron chi connectivity index (χ2n) is 5.30. The molecule has 0 bridgehead atoms. The van der Waals surface area contributed by atoms with Crippen LogP contribution >= 0.6 is 15.9 Å². The third-order valence-electron chi connectivity index (χ3n) is 3.49. The number of hydrogen-bond donors (Lipinski definition) is 1. The van der Waals surface area contributed by atoms with Crippen LogP contribution in [-0.2, 0) is 11.3 Å². The van der Waals surface area contributed by atoms with Crippen molar-refractivity contribution in [1.29, 1.82) is 0 Å². The highest BCUT2D eigenvalue weighted by atomic mass is 79.9. The Labute approximate surface area is 124 Å². The molecule has 1 fully saturated rings. The molecule has 2 rings (SSSR count). The summed E-state index contributed by atoms with van der Waals surface area (Å²) in [5.41, 5.74) is 1.36. The number of ether oxygens (including phenoxy) is 1. The van der Waals surface area contributed by atoms with Gasteiger partial charge in [-0.15, -0.1) is 0 Å². The highest BCUT2D eigenvalue weighted by Gasteiger charge is 2.14. The van der Waals surface area contributed by atoms with E-state index in [0.29, 0.717) is 0 Å². The van der Waals surface area contributed by atoms with E-state index in [1.54, 1.807) is 0 Å². The Morgan fingerprint density at radius 1 is 1.37 bits per heavy atom. The average Bonchev–Trinajstić information content (AvgIpc) is 2.91. The van der Waals surface area contributed by atoms with Crippen LogP contribution in [0.15, 0.2) is 28.7 Å². The van der Waals surface area contributed by atoms with Crippen molar-refractivity contribution in [2.24, 2.45) is 5.92 Å². The first-order valence-corrected chi connectivity index (χ1v) is 7.75. The number of nitrogens with one attached hydrogen (secondary N) is 1. The summed E-state index contributed by atoms with van der Waals surface area (Å²) in [6.07, 6.45) is 1.21. The minimum absolute atomic E-state index is 0.719. The highest BCUT2D eigenvalue weighted by molar-refractivity contribution is 9.10. The zero-order valence-electron chi connectivity index (χ0n) is 11.6. The lowest BCUT2D eigenvalue weighted by atomic mass is 10.1. The van der Waals surface area contributed by atoms with E-state index in [9.17, 15) is 0 Å². The van der Waals surface area contributed by atoms with Crippen molar-refractivity contribution in [2.45, 2.75) is 13.0 Å². The summed E-state index contributed by atoms with van der Waals surface area (Å²) >= 11 is 3.46. The molecule has 1 aliphatic rings. The van der Waals surface area contributed by atoms with Crippen LogP contribution in [0, 0.1) is 5.92 Å². The normalized spacial score (nSPS) is 19.2. The Kier molecular flexibility index (Phi) is 6.31. The van der Waals surface area contributed by atoms with Gasteiger partial charge in [-0.25, -0.2) is 0 Å². The van der Waals surface area contributed by atoms with Crippen LogP contribution in [0.3, 0.4) is 0 Å². The van der Waals surface area contributed by atoms with E-state index in [2.05, 4.69) is 57.5 Å². The minimum atomic E-state index is 0.719. The Hall–Kier alpha value is -0.420. The summed E-state index contributed by atoms with van der Waals surface area (Å²) < 4.78 is 6.51. The summed E-state index contributed by atoms with van der Waals surface area (Å²) in [6.45, 7) is 6.08. The molecular formula is C15H23BrN2O. The van der Waals surface area contributed by atoms with Gasteiger partial charge >= 0.3 is 0 Å². The second kappa shape index (κ2) is 8.00. The van der Waals surface area contributed by atoms with Gasteiger partial charge < -0.3 is 15.0 Å². The summed E-state index contributed by atoms with van der Waals surface area (Å²) in [5, 5.41) is 3.52. The number of hydrogen-bond acceptors (Lipinski definition) is 3. The molecule has 0 saturated carbocycles. The quantitative estimate of drug-likeness (QED) is 0.779. The Morgan fingerprint density at radius 3 is 2.84 bits per heavy atom. The lowest BCUT2D eigenvalue weighted by Crippen LogP contribution is -2.32. The number of halogens is 1. The van der Waals surface area contributed by atoms with Gasteiger partial charge in [0.25, 0.3) is 0 Å². The van der Waals surface area contributed by atoms with Crippen LogP contribution in [0.25, 0.3) is 0 Å². The molecule has 0 radical (unpaired) electrons. The highest BCUT2D eigenvalue weighted by Crippen LogP contribution is 2.12. The molecule has 0 aromatic heterocycles. The second-order valence-corrected chi connectivity index (χ2v) is 6.21. The largest absolute Gasteiger partial charge is 0.381 e.